The van der Waals surface area contributed by atoms with Crippen LogP contribution in [0.1, 0.15) is 19.4 Å². The largest absolute Gasteiger partial charge is 0.453 e. The molecule has 11 heteroatoms. The first kappa shape index (κ1) is 24.5. The number of rotatable bonds is 5. The van der Waals surface area contributed by atoms with Gasteiger partial charge in [-0.05, 0) is 24.3 Å². The fourth-order valence-electron chi connectivity index (χ4n) is 3.31. The van der Waals surface area contributed by atoms with Gasteiger partial charge in [-0.3, -0.25) is 19.8 Å². The Balaban J connectivity index is 1.96. The minimum Gasteiger partial charge on any atom is -0.453 e. The standard InChI is InChI=1S/C24H15Cl3N2O6/c1-11(30)33-22-17-20(32)14-7-5-6-13(10-28-29-16-9-4-3-8-15(16)25)21(14)35-23(17)19(27)24(18(22)26)34-12(2)31/h3-10,29H,1-2H3/b28-10+. The zero-order chi connectivity index (χ0) is 25.3. The predicted molar refractivity (Wildman–Crippen MR) is 135 cm³/mol. The van der Waals surface area contributed by atoms with Gasteiger partial charge in [0.1, 0.15) is 21.0 Å². The molecule has 0 atom stereocenters. The maximum atomic E-state index is 13.5. The number of benzene rings is 3. The number of nitrogens with one attached hydrogen (secondary N) is 1. The number of fused-ring (bicyclic) bond motifs is 2. The average Bonchev–Trinajstić information content (AvgIpc) is 2.81. The smallest absolute Gasteiger partial charge is 0.308 e. The van der Waals surface area contributed by atoms with Crippen LogP contribution >= 0.6 is 34.8 Å². The first-order valence-electron chi connectivity index (χ1n) is 10.00. The Kier molecular flexibility index (Phi) is 6.98. The molecule has 4 aromatic rings. The van der Waals surface area contributed by atoms with E-state index in [4.69, 9.17) is 48.7 Å². The van der Waals surface area contributed by atoms with Crippen molar-refractivity contribution in [3.05, 3.63) is 73.3 Å². The number of nitrogens with zero attached hydrogens (tertiary/aromatic N) is 1. The van der Waals surface area contributed by atoms with Gasteiger partial charge in [0.15, 0.2) is 17.1 Å². The number of carbonyl (C=O) groups excluding carboxylic acids is 2. The summed E-state index contributed by atoms with van der Waals surface area (Å²) in [5.74, 6) is -2.12. The van der Waals surface area contributed by atoms with Crippen LogP contribution in [0.3, 0.4) is 0 Å². The van der Waals surface area contributed by atoms with E-state index in [1.54, 1.807) is 36.4 Å². The lowest BCUT2D eigenvalue weighted by atomic mass is 10.1. The lowest BCUT2D eigenvalue weighted by Gasteiger charge is -2.14. The highest BCUT2D eigenvalue weighted by molar-refractivity contribution is 6.42. The Morgan fingerprint density at radius 3 is 2.29 bits per heavy atom. The number of carbonyl (C=O) groups is 2. The molecule has 0 aliphatic rings. The lowest BCUT2D eigenvalue weighted by molar-refractivity contribution is -0.132. The molecule has 3 aromatic carbocycles. The minimum absolute atomic E-state index is 0.140. The highest BCUT2D eigenvalue weighted by Gasteiger charge is 2.27. The van der Waals surface area contributed by atoms with Gasteiger partial charge in [-0.1, -0.05) is 53.0 Å². The van der Waals surface area contributed by atoms with E-state index < -0.39 is 17.4 Å². The maximum Gasteiger partial charge on any atom is 0.308 e. The molecule has 0 aliphatic heterocycles. The summed E-state index contributed by atoms with van der Waals surface area (Å²) in [6.45, 7) is 2.27. The molecule has 8 nitrogen and oxygen atoms in total. The van der Waals surface area contributed by atoms with Crippen LogP contribution in [0.2, 0.25) is 15.1 Å². The molecule has 4 rings (SSSR count). The molecule has 0 spiro atoms. The zero-order valence-corrected chi connectivity index (χ0v) is 20.4. The topological polar surface area (TPSA) is 107 Å². The van der Waals surface area contributed by atoms with Crippen molar-refractivity contribution in [2.24, 2.45) is 5.10 Å². The summed E-state index contributed by atoms with van der Waals surface area (Å²) in [4.78, 5) is 36.8. The van der Waals surface area contributed by atoms with Crippen LogP contribution in [0.25, 0.3) is 21.9 Å². The van der Waals surface area contributed by atoms with Gasteiger partial charge in [0.2, 0.25) is 5.43 Å². The summed E-state index contributed by atoms with van der Waals surface area (Å²) in [6.07, 6.45) is 1.43. The minimum atomic E-state index is -0.754. The molecule has 0 amide bonds. The third-order valence-corrected chi connectivity index (χ3v) is 5.74. The molecular weight excluding hydrogens is 519 g/mol. The molecule has 0 fully saturated rings. The van der Waals surface area contributed by atoms with E-state index in [0.29, 0.717) is 16.3 Å². The summed E-state index contributed by atoms with van der Waals surface area (Å²) in [7, 11) is 0. The number of anilines is 1. The van der Waals surface area contributed by atoms with Gasteiger partial charge < -0.3 is 13.9 Å². The third kappa shape index (κ3) is 4.81. The van der Waals surface area contributed by atoms with Crippen LogP contribution in [0.4, 0.5) is 5.69 Å². The second-order valence-corrected chi connectivity index (χ2v) is 8.35. The number of para-hydroxylation sites is 2. The molecule has 1 N–H and O–H groups in total. The highest BCUT2D eigenvalue weighted by Crippen LogP contribution is 2.47. The van der Waals surface area contributed by atoms with Crippen molar-refractivity contribution in [3.8, 4) is 11.5 Å². The Morgan fingerprint density at radius 1 is 0.914 bits per heavy atom. The second-order valence-electron chi connectivity index (χ2n) is 7.18. The van der Waals surface area contributed by atoms with Crippen molar-refractivity contribution in [3.63, 3.8) is 0 Å². The van der Waals surface area contributed by atoms with Crippen LogP contribution < -0.4 is 20.3 Å². The fraction of sp³-hybridized carbons (Fsp3) is 0.0833. The molecule has 0 saturated heterocycles. The van der Waals surface area contributed by atoms with Crippen LogP contribution in [-0.2, 0) is 9.59 Å². The summed E-state index contributed by atoms with van der Waals surface area (Å²) in [5, 5.41) is 4.06. The van der Waals surface area contributed by atoms with Gasteiger partial charge in [0, 0.05) is 19.4 Å². The monoisotopic (exact) mass is 532 g/mol. The average molecular weight is 534 g/mol. The van der Waals surface area contributed by atoms with Gasteiger partial charge in [0.05, 0.1) is 22.3 Å². The van der Waals surface area contributed by atoms with E-state index in [9.17, 15) is 14.4 Å². The van der Waals surface area contributed by atoms with Crippen molar-refractivity contribution in [1.29, 1.82) is 0 Å². The first-order valence-corrected chi connectivity index (χ1v) is 11.1. The van der Waals surface area contributed by atoms with E-state index in [0.717, 1.165) is 13.8 Å². The lowest BCUT2D eigenvalue weighted by Crippen LogP contribution is -2.11. The van der Waals surface area contributed by atoms with Crippen LogP contribution in [0.5, 0.6) is 11.5 Å². The number of hydrogen-bond acceptors (Lipinski definition) is 8. The van der Waals surface area contributed by atoms with Crippen molar-refractivity contribution in [2.45, 2.75) is 13.8 Å². The number of hydrogen-bond donors (Lipinski definition) is 1. The summed E-state index contributed by atoms with van der Waals surface area (Å²) < 4.78 is 16.3. The molecule has 1 heterocycles. The molecule has 0 bridgehead atoms. The molecule has 0 unspecified atom stereocenters. The van der Waals surface area contributed by atoms with Gasteiger partial charge in [-0.15, -0.1) is 0 Å². The summed E-state index contributed by atoms with van der Waals surface area (Å²) in [6, 6.07) is 11.8. The summed E-state index contributed by atoms with van der Waals surface area (Å²) >= 11 is 18.9. The van der Waals surface area contributed by atoms with E-state index in [-0.39, 0.29) is 43.5 Å². The molecule has 35 heavy (non-hydrogen) atoms. The molecule has 1 aromatic heterocycles. The Hall–Kier alpha value is -3.59. The third-order valence-electron chi connectivity index (χ3n) is 4.73. The normalized spacial score (nSPS) is 11.2. The molecule has 0 radical (unpaired) electrons. The van der Waals surface area contributed by atoms with Crippen LogP contribution in [-0.4, -0.2) is 18.2 Å². The van der Waals surface area contributed by atoms with Crippen LogP contribution in [0.15, 0.2) is 56.8 Å². The zero-order valence-electron chi connectivity index (χ0n) is 18.1. The van der Waals surface area contributed by atoms with Crippen molar-refractivity contribution < 1.29 is 23.5 Å². The number of halogens is 3. The predicted octanol–water partition coefficient (Wildman–Crippen LogP) is 6.20. The number of ether oxygens (including phenoxy) is 2. The Bertz CT molecular complexity index is 1600. The van der Waals surface area contributed by atoms with Gasteiger partial charge >= 0.3 is 11.9 Å². The van der Waals surface area contributed by atoms with Crippen molar-refractivity contribution in [2.75, 3.05) is 5.43 Å². The van der Waals surface area contributed by atoms with Crippen LogP contribution in [0, 0.1) is 0 Å². The molecule has 0 aliphatic carbocycles. The van der Waals surface area contributed by atoms with Crippen molar-refractivity contribution in [1.82, 2.24) is 0 Å². The van der Waals surface area contributed by atoms with Gasteiger partial charge in [0.25, 0.3) is 0 Å². The highest BCUT2D eigenvalue weighted by atomic mass is 35.5. The van der Waals surface area contributed by atoms with Gasteiger partial charge in [-0.2, -0.15) is 5.10 Å². The first-order chi connectivity index (χ1) is 16.7. The van der Waals surface area contributed by atoms with E-state index in [1.165, 1.54) is 12.3 Å². The van der Waals surface area contributed by atoms with E-state index >= 15 is 0 Å². The number of esters is 2. The fourth-order valence-corrected chi connectivity index (χ4v) is 4.07. The quantitative estimate of drug-likeness (QED) is 0.107. The maximum absolute atomic E-state index is 13.5. The molecule has 178 valence electrons. The van der Waals surface area contributed by atoms with E-state index in [2.05, 4.69) is 10.5 Å². The number of hydrazone groups is 1. The summed E-state index contributed by atoms with van der Waals surface area (Å²) in [5.41, 5.74) is 3.22. The second kappa shape index (κ2) is 9.95. The van der Waals surface area contributed by atoms with Crippen molar-refractivity contribution >= 4 is 80.6 Å². The van der Waals surface area contributed by atoms with Gasteiger partial charge in [-0.25, -0.2) is 0 Å². The molecule has 0 saturated carbocycles. The Labute approximate surface area is 213 Å². The SMILES string of the molecule is CC(=O)Oc1c(Cl)c(OC(C)=O)c2c(=O)c3cccc(/C=N/Nc4ccccc4Cl)c3oc2c1Cl. The van der Waals surface area contributed by atoms with E-state index in [1.807, 2.05) is 0 Å². The Morgan fingerprint density at radius 2 is 1.60 bits per heavy atom. The molecular formula is C24H15Cl3N2O6.